The summed E-state index contributed by atoms with van der Waals surface area (Å²) < 4.78 is 20.3. The molecule has 2 aromatic heterocycles. The van der Waals surface area contributed by atoms with Crippen molar-refractivity contribution < 1.29 is 28.9 Å². The van der Waals surface area contributed by atoms with Crippen LogP contribution in [0, 0.1) is 12.0 Å². The minimum Gasteiger partial charge on any atom is -0.507 e. The van der Waals surface area contributed by atoms with Gasteiger partial charge in [-0.2, -0.15) is 0 Å². The zero-order valence-corrected chi connectivity index (χ0v) is 44.8. The number of phenolic OH excluding ortho intramolecular Hbond substituents is 1. The van der Waals surface area contributed by atoms with E-state index in [0.29, 0.717) is 11.4 Å². The monoisotopic (exact) mass is 1130 g/mol. The number of imidazole rings is 1. The number of phenols is 1. The van der Waals surface area contributed by atoms with Crippen molar-refractivity contribution in [3.8, 4) is 89.7 Å². The van der Waals surface area contributed by atoms with Gasteiger partial charge in [-0.25, -0.2) is 4.98 Å². The van der Waals surface area contributed by atoms with E-state index in [1.54, 1.807) is 0 Å². The summed E-state index contributed by atoms with van der Waals surface area (Å²) in [6.07, 6.45) is 4.56. The van der Waals surface area contributed by atoms with Crippen molar-refractivity contribution in [2.45, 2.75) is 84.4 Å². The van der Waals surface area contributed by atoms with Gasteiger partial charge in [0, 0.05) is 46.8 Å². The first-order valence-corrected chi connectivity index (χ1v) is 25.5. The topological polar surface area (TPSA) is 50.9 Å². The maximum Gasteiger partial charge on any atom is 0.148 e. The molecular formula is C68H62N3OPt-. The fourth-order valence-corrected chi connectivity index (χ4v) is 10.3. The molecule has 0 radical (unpaired) electrons. The Morgan fingerprint density at radius 1 is 0.548 bits per heavy atom. The quantitative estimate of drug-likeness (QED) is 0.139. The van der Waals surface area contributed by atoms with Crippen LogP contribution in [0.3, 0.4) is 0 Å². The van der Waals surface area contributed by atoms with Gasteiger partial charge in [0.25, 0.3) is 0 Å². The zero-order valence-electron chi connectivity index (χ0n) is 44.5. The minimum absolute atomic E-state index is 0. The molecule has 1 N–H and O–H groups in total. The normalized spacial score (nSPS) is 13.7. The smallest absolute Gasteiger partial charge is 0.148 e. The van der Waals surface area contributed by atoms with E-state index in [1.165, 1.54) is 5.56 Å². The SMILES string of the molecule is [2H]C([2H])(c1ccc(-c2ccnc(-c3[c-]c(-c4cccc5c4nc(-c4cc(C(C)(C)C)cc(-c6ccccc6)c4O)n5-c4ccc(C(C)(C)C)cc4-c4ccccc4)cc(-c4ccccc4)c3)c2)cc1)C1CCCC1.[Pt]. The summed E-state index contributed by atoms with van der Waals surface area (Å²) in [6, 6.07) is 68.9. The van der Waals surface area contributed by atoms with Gasteiger partial charge in [-0.3, -0.25) is 9.55 Å². The summed E-state index contributed by atoms with van der Waals surface area (Å²) in [5, 5.41) is 12.7. The van der Waals surface area contributed by atoms with Crippen LogP contribution in [0.4, 0.5) is 0 Å². The van der Waals surface area contributed by atoms with Crippen LogP contribution in [0.15, 0.2) is 194 Å². The molecule has 0 aliphatic heterocycles. The van der Waals surface area contributed by atoms with E-state index in [9.17, 15) is 5.11 Å². The first kappa shape index (κ1) is 46.9. The minimum atomic E-state index is -1.36. The van der Waals surface area contributed by atoms with Crippen LogP contribution in [0.5, 0.6) is 5.75 Å². The van der Waals surface area contributed by atoms with Crippen LogP contribution in [0.25, 0.3) is 95.0 Å². The molecule has 11 rings (SSSR count). The first-order valence-electron chi connectivity index (χ1n) is 26.5. The summed E-state index contributed by atoms with van der Waals surface area (Å²) in [4.78, 5) is 10.7. The van der Waals surface area contributed by atoms with Crippen molar-refractivity contribution in [3.05, 3.63) is 217 Å². The average Bonchev–Trinajstić information content (AvgIpc) is 4.13. The molecule has 2 heterocycles. The maximum atomic E-state index is 12.7. The number of hydrogen-bond donors (Lipinski definition) is 1. The molecule has 0 saturated heterocycles. The van der Waals surface area contributed by atoms with Gasteiger partial charge in [0.15, 0.2) is 0 Å². The van der Waals surface area contributed by atoms with Gasteiger partial charge in [-0.15, -0.1) is 23.8 Å². The van der Waals surface area contributed by atoms with Gasteiger partial charge < -0.3 is 5.11 Å². The van der Waals surface area contributed by atoms with Crippen molar-refractivity contribution in [2.24, 2.45) is 5.92 Å². The van der Waals surface area contributed by atoms with Crippen LogP contribution >= 0.6 is 0 Å². The second kappa shape index (κ2) is 20.4. The molecule has 5 heteroatoms. The molecule has 4 nitrogen and oxygen atoms in total. The van der Waals surface area contributed by atoms with Crippen LogP contribution in [0.2, 0.25) is 0 Å². The van der Waals surface area contributed by atoms with Crippen LogP contribution in [-0.4, -0.2) is 19.6 Å². The number of aromatic hydroxyl groups is 1. The Morgan fingerprint density at radius 3 is 1.79 bits per heavy atom. The van der Waals surface area contributed by atoms with E-state index in [0.717, 1.165) is 120 Å². The Morgan fingerprint density at radius 2 is 1.14 bits per heavy atom. The fourth-order valence-electron chi connectivity index (χ4n) is 10.3. The Balaban J connectivity index is 0.00000641. The van der Waals surface area contributed by atoms with Crippen molar-refractivity contribution in [3.63, 3.8) is 0 Å². The van der Waals surface area contributed by atoms with E-state index < -0.39 is 6.37 Å². The summed E-state index contributed by atoms with van der Waals surface area (Å²) in [6.45, 7) is 13.4. The number of rotatable bonds is 10. The third kappa shape index (κ3) is 10.2. The molecule has 10 aromatic rings. The third-order valence-electron chi connectivity index (χ3n) is 14.4. The van der Waals surface area contributed by atoms with Gasteiger partial charge in [-0.05, 0) is 104 Å². The van der Waals surface area contributed by atoms with Crippen LogP contribution in [-0.2, 0) is 38.3 Å². The Labute approximate surface area is 449 Å². The number of benzene rings is 8. The largest absolute Gasteiger partial charge is 0.507 e. The van der Waals surface area contributed by atoms with E-state index in [1.807, 2.05) is 60.8 Å². The standard InChI is InChI=1S/C68H62N3O.Pt/c1-67(2,3)55-33-34-62(58(42-55)49-23-12-8-13-24-49)71-63-28-18-27-57(64(63)70-66(71)60-44-56(68(4,5)6)43-59(65(60)72)50-25-14-9-15-26-50)53-38-52(47-21-10-7-11-22-47)39-54(40-53)61-41-51(35-36-69-61)48-31-29-46(30-32-48)37-45-19-16-17-20-45;/h7-15,18,21-36,38-39,41-45,72H,16-17,19-20,37H2,1-6H3;/q-1;/i37D2;. The maximum absolute atomic E-state index is 12.7. The Kier molecular flexibility index (Phi) is 13.1. The van der Waals surface area contributed by atoms with Crippen LogP contribution < -0.4 is 0 Å². The Hall–Kier alpha value is -7.13. The van der Waals surface area contributed by atoms with Gasteiger partial charge in [0.1, 0.15) is 11.6 Å². The summed E-state index contributed by atoms with van der Waals surface area (Å²) in [7, 11) is 0. The van der Waals surface area contributed by atoms with Gasteiger partial charge in [0.2, 0.25) is 0 Å². The third-order valence-corrected chi connectivity index (χ3v) is 14.4. The number of hydrogen-bond acceptors (Lipinski definition) is 3. The molecular weight excluding hydrogens is 1070 g/mol. The second-order valence-electron chi connectivity index (χ2n) is 21.5. The van der Waals surface area contributed by atoms with Gasteiger partial charge >= 0.3 is 0 Å². The molecule has 0 atom stereocenters. The summed E-state index contributed by atoms with van der Waals surface area (Å²) in [5.41, 5.74) is 17.2. The van der Waals surface area contributed by atoms with Gasteiger partial charge in [0.05, 0.1) is 22.3 Å². The molecule has 0 bridgehead atoms. The predicted molar refractivity (Wildman–Crippen MR) is 300 cm³/mol. The summed E-state index contributed by atoms with van der Waals surface area (Å²) >= 11 is 0. The van der Waals surface area contributed by atoms with Crippen LogP contribution in [0.1, 0.15) is 86.7 Å². The van der Waals surface area contributed by atoms with E-state index in [-0.39, 0.29) is 43.6 Å². The fraction of sp³-hybridized carbons (Fsp3) is 0.206. The van der Waals surface area contributed by atoms with Gasteiger partial charge in [-0.1, -0.05) is 223 Å². The molecule has 1 aliphatic rings. The van der Waals surface area contributed by atoms with Crippen molar-refractivity contribution in [1.82, 2.24) is 14.5 Å². The first-order chi connectivity index (χ1) is 35.6. The molecule has 0 unspecified atom stereocenters. The number of nitrogens with zero attached hydrogens (tertiary/aromatic N) is 3. The molecule has 0 spiro atoms. The molecule has 1 fully saturated rings. The number of aromatic nitrogens is 3. The van der Waals surface area contributed by atoms with Crippen molar-refractivity contribution in [2.75, 3.05) is 0 Å². The second-order valence-corrected chi connectivity index (χ2v) is 21.5. The van der Waals surface area contributed by atoms with E-state index in [2.05, 4.69) is 186 Å². The molecule has 1 saturated carbocycles. The van der Waals surface area contributed by atoms with Crippen molar-refractivity contribution in [1.29, 1.82) is 0 Å². The number of fused-ring (bicyclic) bond motifs is 1. The predicted octanol–water partition coefficient (Wildman–Crippen LogP) is 17.9. The number of pyridine rings is 1. The summed E-state index contributed by atoms with van der Waals surface area (Å²) in [5.74, 6) is 0.854. The number of para-hydroxylation sites is 1. The zero-order chi connectivity index (χ0) is 51.4. The molecule has 1 aliphatic carbocycles. The molecule has 366 valence electrons. The van der Waals surface area contributed by atoms with E-state index >= 15 is 0 Å². The molecule has 8 aromatic carbocycles. The van der Waals surface area contributed by atoms with E-state index in [4.69, 9.17) is 12.7 Å². The van der Waals surface area contributed by atoms with Crippen molar-refractivity contribution >= 4 is 11.0 Å². The molecule has 73 heavy (non-hydrogen) atoms. The average molecular weight is 1130 g/mol. The Bertz CT molecular complexity index is 3660. The molecule has 0 amide bonds.